The van der Waals surface area contributed by atoms with E-state index in [-0.39, 0.29) is 51.4 Å². The van der Waals surface area contributed by atoms with Gasteiger partial charge in [0.2, 0.25) is 5.88 Å². The third-order valence-electron chi connectivity index (χ3n) is 8.42. The summed E-state index contributed by atoms with van der Waals surface area (Å²) in [5.74, 6) is -0.803. The molecule has 0 radical (unpaired) electrons. The van der Waals surface area contributed by atoms with E-state index in [0.29, 0.717) is 18.4 Å². The molecular formula is C30H32F3N5O7S. The number of pyridine rings is 2. The Labute approximate surface area is 262 Å². The number of carbonyl (C=O) groups is 2. The Balaban J connectivity index is 1.42. The molecule has 1 unspecified atom stereocenters. The maximum absolute atomic E-state index is 13.8. The van der Waals surface area contributed by atoms with Crippen molar-refractivity contribution >= 4 is 38.8 Å². The van der Waals surface area contributed by atoms with Crippen molar-refractivity contribution in [2.24, 2.45) is 11.8 Å². The fourth-order valence-electron chi connectivity index (χ4n) is 6.24. The molecule has 2 amide bonds. The second kappa shape index (κ2) is 11.7. The molecule has 0 saturated heterocycles. The number of ether oxygens (including phenoxy) is 2. The maximum atomic E-state index is 13.8. The fraction of sp³-hybridized carbons (Fsp3) is 0.400. The van der Waals surface area contributed by atoms with Gasteiger partial charge in [-0.2, -0.15) is 13.2 Å². The number of rotatable bonds is 10. The smallest absolute Gasteiger partial charge is 0.496 e. The molecule has 0 spiro atoms. The zero-order chi connectivity index (χ0) is 33.7. The van der Waals surface area contributed by atoms with Crippen LogP contribution >= 0.6 is 0 Å². The third-order valence-corrected chi connectivity index (χ3v) is 9.91. The van der Waals surface area contributed by atoms with Gasteiger partial charge < -0.3 is 30.5 Å². The number of amides is 2. The van der Waals surface area contributed by atoms with Crippen molar-refractivity contribution < 1.29 is 45.8 Å². The summed E-state index contributed by atoms with van der Waals surface area (Å²) in [6.45, 7) is 3.57. The standard InChI is InChI=1S/C30H32F3N5O7S/c1-28(2,41)20-14-29(12-16(20)13-29)38-25-24(22(44-3)8-9-34-25)27(40)37-21-15-35-23(45-4)11-19(21)26(39)36-17-6-5-7-18(10-17)46(42,43)30(31,32)33/h5-11,15-16,20,41H,12-14H2,1-4H3,(H,34,38)(H,36,39)(H,37,40). The summed E-state index contributed by atoms with van der Waals surface area (Å²) in [6.07, 6.45) is 4.90. The minimum absolute atomic E-state index is 0.0147. The number of aliphatic hydroxyl groups is 1. The summed E-state index contributed by atoms with van der Waals surface area (Å²) >= 11 is 0. The molecule has 3 aliphatic carbocycles. The molecule has 3 saturated carbocycles. The SMILES string of the molecule is COc1cc(C(=O)Nc2cccc(S(=O)(=O)C(F)(F)F)c2)c(NC(=O)c2c(OC)ccnc2NC23CC(C2)C(C(C)(C)O)C3)cn1. The summed E-state index contributed by atoms with van der Waals surface area (Å²) in [5.41, 5.74) is -7.26. The second-order valence-electron chi connectivity index (χ2n) is 11.9. The van der Waals surface area contributed by atoms with Crippen molar-refractivity contribution in [2.45, 2.75) is 54.7 Å². The van der Waals surface area contributed by atoms with Gasteiger partial charge in [-0.3, -0.25) is 9.59 Å². The van der Waals surface area contributed by atoms with Gasteiger partial charge in [-0.05, 0) is 69.2 Å². The lowest BCUT2D eigenvalue weighted by Gasteiger charge is -2.40. The van der Waals surface area contributed by atoms with Crippen molar-refractivity contribution in [3.8, 4) is 11.6 Å². The number of sulfone groups is 1. The van der Waals surface area contributed by atoms with E-state index in [9.17, 15) is 36.3 Å². The summed E-state index contributed by atoms with van der Waals surface area (Å²) < 4.78 is 73.6. The van der Waals surface area contributed by atoms with Gasteiger partial charge in [0.05, 0.1) is 42.2 Å². The first-order valence-electron chi connectivity index (χ1n) is 14.1. The fourth-order valence-corrected chi connectivity index (χ4v) is 7.04. The lowest BCUT2D eigenvalue weighted by atomic mass is 9.74. The van der Waals surface area contributed by atoms with Crippen LogP contribution in [0.25, 0.3) is 0 Å². The van der Waals surface area contributed by atoms with Crippen LogP contribution in [0.3, 0.4) is 0 Å². The molecule has 16 heteroatoms. The number of fused-ring (bicyclic) bond motifs is 1. The van der Waals surface area contributed by atoms with E-state index in [1.54, 1.807) is 13.8 Å². The first kappa shape index (κ1) is 32.9. The normalized spacial score (nSPS) is 20.8. The van der Waals surface area contributed by atoms with Gasteiger partial charge in [0, 0.05) is 23.5 Å². The van der Waals surface area contributed by atoms with Gasteiger partial charge in [-0.1, -0.05) is 6.07 Å². The van der Waals surface area contributed by atoms with Crippen LogP contribution in [0, 0.1) is 11.8 Å². The van der Waals surface area contributed by atoms with Gasteiger partial charge in [0.25, 0.3) is 21.7 Å². The highest BCUT2D eigenvalue weighted by atomic mass is 32.2. The van der Waals surface area contributed by atoms with Crippen LogP contribution in [0.5, 0.6) is 11.6 Å². The molecule has 1 atom stereocenters. The van der Waals surface area contributed by atoms with Gasteiger partial charge >= 0.3 is 5.51 Å². The number of nitrogens with one attached hydrogen (secondary N) is 3. The molecule has 2 bridgehead atoms. The molecule has 1 aromatic carbocycles. The number of nitrogens with zero attached hydrogens (tertiary/aromatic N) is 2. The Morgan fingerprint density at radius 3 is 2.33 bits per heavy atom. The van der Waals surface area contributed by atoms with Crippen molar-refractivity contribution in [1.29, 1.82) is 0 Å². The zero-order valence-electron chi connectivity index (χ0n) is 25.2. The van der Waals surface area contributed by atoms with Gasteiger partial charge in [0.15, 0.2) is 0 Å². The number of alkyl halides is 3. The predicted molar refractivity (Wildman–Crippen MR) is 161 cm³/mol. The van der Waals surface area contributed by atoms with Crippen molar-refractivity contribution in [2.75, 3.05) is 30.2 Å². The van der Waals surface area contributed by atoms with Crippen LogP contribution in [-0.2, 0) is 9.84 Å². The van der Waals surface area contributed by atoms with Crippen LogP contribution in [0.1, 0.15) is 53.8 Å². The number of benzene rings is 1. The second-order valence-corrected chi connectivity index (χ2v) is 13.9. The topological polar surface area (TPSA) is 169 Å². The monoisotopic (exact) mass is 663 g/mol. The highest BCUT2D eigenvalue weighted by Gasteiger charge is 2.59. The van der Waals surface area contributed by atoms with Gasteiger partial charge in [-0.25, -0.2) is 18.4 Å². The van der Waals surface area contributed by atoms with Crippen LogP contribution in [0.4, 0.5) is 30.4 Å². The number of halogens is 3. The number of hydrogen-bond acceptors (Lipinski definition) is 10. The van der Waals surface area contributed by atoms with E-state index < -0.39 is 37.7 Å². The number of methoxy groups -OCH3 is 2. The molecule has 0 aliphatic heterocycles. The summed E-state index contributed by atoms with van der Waals surface area (Å²) in [4.78, 5) is 34.6. The highest BCUT2D eigenvalue weighted by molar-refractivity contribution is 7.92. The molecular weight excluding hydrogens is 631 g/mol. The summed E-state index contributed by atoms with van der Waals surface area (Å²) in [5, 5.41) is 19.0. The Bertz CT molecular complexity index is 1790. The van der Waals surface area contributed by atoms with Gasteiger partial charge in [0.1, 0.15) is 17.1 Å². The number of carbonyl (C=O) groups excluding carboxylic acids is 2. The molecule has 4 N–H and O–H groups in total. The van der Waals surface area contributed by atoms with Crippen LogP contribution in [0.15, 0.2) is 53.7 Å². The number of anilines is 3. The van der Waals surface area contributed by atoms with E-state index in [1.165, 1.54) is 38.6 Å². The lowest BCUT2D eigenvalue weighted by Crippen LogP contribution is -2.44. The van der Waals surface area contributed by atoms with Crippen molar-refractivity contribution in [3.05, 3.63) is 59.9 Å². The number of hydrogen-bond donors (Lipinski definition) is 4. The molecule has 2 aromatic heterocycles. The average molecular weight is 664 g/mol. The first-order valence-corrected chi connectivity index (χ1v) is 15.6. The molecule has 3 aliphatic rings. The lowest BCUT2D eigenvalue weighted by molar-refractivity contribution is -0.0436. The first-order chi connectivity index (χ1) is 21.5. The average Bonchev–Trinajstić information content (AvgIpc) is 3.53. The number of aromatic nitrogens is 2. The Morgan fingerprint density at radius 1 is 1.00 bits per heavy atom. The summed E-state index contributed by atoms with van der Waals surface area (Å²) in [7, 11) is -2.99. The van der Waals surface area contributed by atoms with Crippen molar-refractivity contribution in [1.82, 2.24) is 9.97 Å². The van der Waals surface area contributed by atoms with Crippen LogP contribution in [-0.4, -0.2) is 66.2 Å². The Morgan fingerprint density at radius 2 is 1.72 bits per heavy atom. The molecule has 3 fully saturated rings. The van der Waals surface area contributed by atoms with E-state index in [1.807, 2.05) is 0 Å². The molecule has 6 rings (SSSR count). The van der Waals surface area contributed by atoms with E-state index in [0.717, 1.165) is 31.2 Å². The van der Waals surface area contributed by atoms with E-state index >= 15 is 0 Å². The Hall–Kier alpha value is -4.44. The van der Waals surface area contributed by atoms with Gasteiger partial charge in [-0.15, -0.1) is 0 Å². The highest BCUT2D eigenvalue weighted by Crippen LogP contribution is 2.60. The molecule has 246 valence electrons. The maximum Gasteiger partial charge on any atom is 0.501 e. The Kier molecular flexibility index (Phi) is 8.40. The quantitative estimate of drug-likeness (QED) is 0.240. The zero-order valence-corrected chi connectivity index (χ0v) is 26.0. The van der Waals surface area contributed by atoms with E-state index in [4.69, 9.17) is 9.47 Å². The minimum atomic E-state index is -5.67. The predicted octanol–water partition coefficient (Wildman–Crippen LogP) is 4.64. The largest absolute Gasteiger partial charge is 0.501 e. The third kappa shape index (κ3) is 6.18. The summed E-state index contributed by atoms with van der Waals surface area (Å²) in [6, 6.07) is 6.38. The molecule has 2 heterocycles. The molecule has 3 aromatic rings. The minimum Gasteiger partial charge on any atom is -0.496 e. The van der Waals surface area contributed by atoms with E-state index in [2.05, 4.69) is 25.9 Å². The van der Waals surface area contributed by atoms with Crippen LogP contribution < -0.4 is 25.4 Å². The molecule has 12 nitrogen and oxygen atoms in total. The molecule has 46 heavy (non-hydrogen) atoms. The van der Waals surface area contributed by atoms with Crippen LogP contribution in [0.2, 0.25) is 0 Å². The van der Waals surface area contributed by atoms with Crippen molar-refractivity contribution in [3.63, 3.8) is 0 Å².